The summed E-state index contributed by atoms with van der Waals surface area (Å²) in [4.78, 5) is 12.6. The van der Waals surface area contributed by atoms with Gasteiger partial charge in [0.05, 0.1) is 4.47 Å². The first-order chi connectivity index (χ1) is 9.79. The first kappa shape index (κ1) is 15.9. The number of carbonyl (C=O) groups excluding carboxylic acids is 1. The van der Waals surface area contributed by atoms with Crippen LogP contribution in [0.2, 0.25) is 0 Å². The smallest absolute Gasteiger partial charge is 0.167 e. The average molecular weight is 349 g/mol. The fourth-order valence-corrected chi connectivity index (χ4v) is 2.74. The van der Waals surface area contributed by atoms with Crippen molar-refractivity contribution in [1.82, 2.24) is 0 Å². The van der Waals surface area contributed by atoms with Crippen LogP contribution >= 0.6 is 15.9 Å². The zero-order chi connectivity index (χ0) is 15.6. The standard InChI is InChI=1S/C18H18BrFO/c1-18(2,3)14-7-5-4-6-13(14)17(21)11-12-8-9-16(20)15(19)10-12/h4-10H,11H2,1-3H3. The third kappa shape index (κ3) is 3.79. The second-order valence-electron chi connectivity index (χ2n) is 6.14. The minimum absolute atomic E-state index is 0.0547. The third-order valence-electron chi connectivity index (χ3n) is 3.38. The van der Waals surface area contributed by atoms with Crippen LogP contribution < -0.4 is 0 Å². The minimum Gasteiger partial charge on any atom is -0.294 e. The zero-order valence-electron chi connectivity index (χ0n) is 12.4. The highest BCUT2D eigenvalue weighted by Gasteiger charge is 2.21. The summed E-state index contributed by atoms with van der Waals surface area (Å²) in [5.41, 5.74) is 2.49. The van der Waals surface area contributed by atoms with Crippen molar-refractivity contribution in [3.05, 3.63) is 69.4 Å². The molecule has 0 amide bonds. The molecule has 1 nitrogen and oxygen atoms in total. The van der Waals surface area contributed by atoms with Crippen molar-refractivity contribution in [2.45, 2.75) is 32.6 Å². The highest BCUT2D eigenvalue weighted by molar-refractivity contribution is 9.10. The van der Waals surface area contributed by atoms with Crippen LogP contribution in [0.3, 0.4) is 0 Å². The fourth-order valence-electron chi connectivity index (χ4n) is 2.31. The number of benzene rings is 2. The van der Waals surface area contributed by atoms with E-state index in [-0.39, 0.29) is 23.4 Å². The monoisotopic (exact) mass is 348 g/mol. The van der Waals surface area contributed by atoms with E-state index in [2.05, 4.69) is 36.7 Å². The molecule has 0 aliphatic heterocycles. The largest absolute Gasteiger partial charge is 0.294 e. The molecule has 110 valence electrons. The Labute approximate surface area is 133 Å². The third-order valence-corrected chi connectivity index (χ3v) is 3.99. The molecular weight excluding hydrogens is 331 g/mol. The predicted octanol–water partition coefficient (Wildman–Crippen LogP) is 5.31. The van der Waals surface area contributed by atoms with E-state index in [9.17, 15) is 9.18 Å². The number of carbonyl (C=O) groups is 1. The maximum absolute atomic E-state index is 13.2. The molecule has 0 saturated carbocycles. The zero-order valence-corrected chi connectivity index (χ0v) is 14.0. The van der Waals surface area contributed by atoms with Crippen LogP contribution in [0.25, 0.3) is 0 Å². The van der Waals surface area contributed by atoms with E-state index in [0.29, 0.717) is 4.47 Å². The number of rotatable bonds is 3. The Balaban J connectivity index is 2.31. The molecule has 2 rings (SSSR count). The SMILES string of the molecule is CC(C)(C)c1ccccc1C(=O)Cc1ccc(F)c(Br)c1. The first-order valence-corrected chi connectivity index (χ1v) is 7.65. The Morgan fingerprint density at radius 1 is 1.14 bits per heavy atom. The molecule has 2 aromatic carbocycles. The molecule has 0 atom stereocenters. The van der Waals surface area contributed by atoms with Gasteiger partial charge in [0.25, 0.3) is 0 Å². The Bertz CT molecular complexity index is 671. The lowest BCUT2D eigenvalue weighted by molar-refractivity contribution is 0.0991. The quantitative estimate of drug-likeness (QED) is 0.686. The van der Waals surface area contributed by atoms with Crippen molar-refractivity contribution in [3.63, 3.8) is 0 Å². The molecule has 2 aromatic rings. The van der Waals surface area contributed by atoms with E-state index in [4.69, 9.17) is 0 Å². The van der Waals surface area contributed by atoms with Crippen LogP contribution in [-0.4, -0.2) is 5.78 Å². The number of halogens is 2. The van der Waals surface area contributed by atoms with Gasteiger partial charge in [-0.05, 0) is 44.6 Å². The summed E-state index contributed by atoms with van der Waals surface area (Å²) in [6.07, 6.45) is 0.270. The van der Waals surface area contributed by atoms with Gasteiger partial charge in [0.2, 0.25) is 0 Å². The molecule has 0 unspecified atom stereocenters. The van der Waals surface area contributed by atoms with Crippen LogP contribution in [0.1, 0.15) is 42.3 Å². The Morgan fingerprint density at radius 2 is 1.81 bits per heavy atom. The summed E-state index contributed by atoms with van der Waals surface area (Å²) in [6.45, 7) is 6.27. The Morgan fingerprint density at radius 3 is 2.43 bits per heavy atom. The van der Waals surface area contributed by atoms with Gasteiger partial charge >= 0.3 is 0 Å². The summed E-state index contributed by atoms with van der Waals surface area (Å²) in [5.74, 6) is -0.264. The number of Topliss-reactive ketones (excluding diaryl/α,β-unsaturated/α-hetero) is 1. The molecule has 0 bridgehead atoms. The molecule has 0 aliphatic rings. The van der Waals surface area contributed by atoms with Crippen molar-refractivity contribution in [2.75, 3.05) is 0 Å². The summed E-state index contributed by atoms with van der Waals surface area (Å²) in [6, 6.07) is 12.4. The van der Waals surface area contributed by atoms with Crippen LogP contribution in [0, 0.1) is 5.82 Å². The van der Waals surface area contributed by atoms with Crippen molar-refractivity contribution in [2.24, 2.45) is 0 Å². The number of ketones is 1. The van der Waals surface area contributed by atoms with E-state index < -0.39 is 0 Å². The van der Waals surface area contributed by atoms with E-state index in [1.165, 1.54) is 6.07 Å². The normalized spacial score (nSPS) is 11.5. The summed E-state index contributed by atoms with van der Waals surface area (Å²) in [7, 11) is 0. The maximum Gasteiger partial charge on any atom is 0.167 e. The van der Waals surface area contributed by atoms with Crippen molar-refractivity contribution < 1.29 is 9.18 Å². The Hall–Kier alpha value is -1.48. The molecule has 0 aliphatic carbocycles. The van der Waals surface area contributed by atoms with E-state index in [1.54, 1.807) is 12.1 Å². The molecule has 21 heavy (non-hydrogen) atoms. The van der Waals surface area contributed by atoms with Gasteiger partial charge in [-0.3, -0.25) is 4.79 Å². The van der Waals surface area contributed by atoms with Gasteiger partial charge < -0.3 is 0 Å². The summed E-state index contributed by atoms with van der Waals surface area (Å²) >= 11 is 3.15. The highest BCUT2D eigenvalue weighted by atomic mass is 79.9. The van der Waals surface area contributed by atoms with E-state index in [0.717, 1.165) is 16.7 Å². The van der Waals surface area contributed by atoms with E-state index in [1.807, 2.05) is 24.3 Å². The molecule has 3 heteroatoms. The summed E-state index contributed by atoms with van der Waals surface area (Å²) < 4.78 is 13.6. The molecule has 0 spiro atoms. The number of hydrogen-bond donors (Lipinski definition) is 0. The second-order valence-corrected chi connectivity index (χ2v) is 7.00. The lowest BCUT2D eigenvalue weighted by Gasteiger charge is -2.22. The first-order valence-electron chi connectivity index (χ1n) is 6.85. The summed E-state index contributed by atoms with van der Waals surface area (Å²) in [5, 5.41) is 0. The fraction of sp³-hybridized carbons (Fsp3) is 0.278. The van der Waals surface area contributed by atoms with Crippen LogP contribution in [0.5, 0.6) is 0 Å². The van der Waals surface area contributed by atoms with Gasteiger partial charge in [0.15, 0.2) is 5.78 Å². The van der Waals surface area contributed by atoms with Gasteiger partial charge in [0, 0.05) is 12.0 Å². The van der Waals surface area contributed by atoms with Gasteiger partial charge in [0.1, 0.15) is 5.82 Å². The van der Waals surface area contributed by atoms with Crippen LogP contribution in [-0.2, 0) is 11.8 Å². The molecule has 0 radical (unpaired) electrons. The van der Waals surface area contributed by atoms with Crippen molar-refractivity contribution in [1.29, 1.82) is 0 Å². The van der Waals surface area contributed by atoms with Gasteiger partial charge in [-0.15, -0.1) is 0 Å². The molecule has 0 fully saturated rings. The molecule has 0 N–H and O–H groups in total. The molecular formula is C18H18BrFO. The minimum atomic E-state index is -0.318. The molecule has 0 saturated heterocycles. The number of hydrogen-bond acceptors (Lipinski definition) is 1. The van der Waals surface area contributed by atoms with Crippen LogP contribution in [0.15, 0.2) is 46.9 Å². The predicted molar refractivity (Wildman–Crippen MR) is 87.3 cm³/mol. The van der Waals surface area contributed by atoms with Crippen molar-refractivity contribution >= 4 is 21.7 Å². The average Bonchev–Trinajstić information content (AvgIpc) is 2.42. The van der Waals surface area contributed by atoms with Crippen LogP contribution in [0.4, 0.5) is 4.39 Å². The van der Waals surface area contributed by atoms with E-state index >= 15 is 0 Å². The maximum atomic E-state index is 13.2. The van der Waals surface area contributed by atoms with Gasteiger partial charge in [-0.1, -0.05) is 51.1 Å². The highest BCUT2D eigenvalue weighted by Crippen LogP contribution is 2.27. The van der Waals surface area contributed by atoms with Crippen molar-refractivity contribution in [3.8, 4) is 0 Å². The second kappa shape index (κ2) is 6.10. The van der Waals surface area contributed by atoms with Gasteiger partial charge in [-0.25, -0.2) is 4.39 Å². The molecule has 0 heterocycles. The Kier molecular flexibility index (Phi) is 4.62. The lowest BCUT2D eigenvalue weighted by atomic mass is 9.82. The lowest BCUT2D eigenvalue weighted by Crippen LogP contribution is -2.17. The molecule has 0 aromatic heterocycles. The van der Waals surface area contributed by atoms with Gasteiger partial charge in [-0.2, -0.15) is 0 Å². The topological polar surface area (TPSA) is 17.1 Å².